The summed E-state index contributed by atoms with van der Waals surface area (Å²) in [6.45, 7) is 2.05. The molecule has 0 heterocycles. The summed E-state index contributed by atoms with van der Waals surface area (Å²) in [5.41, 5.74) is 1.89. The molecule has 0 bridgehead atoms. The molecular weight excluding hydrogens is 400 g/mol. The standard InChI is InChI=1S/C16H14Br2O3/c1-11-7-13(17)8-14(18)16(11)21-10-15(19)20-9-12-5-3-2-4-6-12/h2-8H,9-10H2,1H3. The zero-order valence-electron chi connectivity index (χ0n) is 11.4. The Bertz CT molecular complexity index is 604. The van der Waals surface area contributed by atoms with Gasteiger partial charge in [-0.3, -0.25) is 0 Å². The summed E-state index contributed by atoms with van der Waals surface area (Å²) in [5.74, 6) is 0.253. The molecule has 3 nitrogen and oxygen atoms in total. The van der Waals surface area contributed by atoms with Gasteiger partial charge in [0.05, 0.1) is 4.47 Å². The number of aryl methyl sites for hydroxylation is 1. The molecule has 2 aromatic carbocycles. The Morgan fingerprint density at radius 2 is 1.86 bits per heavy atom. The Morgan fingerprint density at radius 1 is 1.14 bits per heavy atom. The molecule has 0 aliphatic carbocycles. The largest absolute Gasteiger partial charge is 0.480 e. The quantitative estimate of drug-likeness (QED) is 0.669. The molecule has 0 aromatic heterocycles. The van der Waals surface area contributed by atoms with E-state index in [0.717, 1.165) is 20.1 Å². The van der Waals surface area contributed by atoms with Crippen LogP contribution in [0.1, 0.15) is 11.1 Å². The Morgan fingerprint density at radius 3 is 2.52 bits per heavy atom. The van der Waals surface area contributed by atoms with Crippen LogP contribution in [0.5, 0.6) is 5.75 Å². The molecule has 0 unspecified atom stereocenters. The lowest BCUT2D eigenvalue weighted by Crippen LogP contribution is -2.15. The van der Waals surface area contributed by atoms with Gasteiger partial charge in [-0.2, -0.15) is 0 Å². The van der Waals surface area contributed by atoms with E-state index in [2.05, 4.69) is 31.9 Å². The van der Waals surface area contributed by atoms with Gasteiger partial charge in [-0.05, 0) is 46.1 Å². The molecule has 2 aromatic rings. The van der Waals surface area contributed by atoms with Gasteiger partial charge in [-0.15, -0.1) is 0 Å². The minimum Gasteiger partial charge on any atom is -0.480 e. The van der Waals surface area contributed by atoms with Crippen molar-refractivity contribution in [2.45, 2.75) is 13.5 Å². The molecule has 0 amide bonds. The predicted molar refractivity (Wildman–Crippen MR) is 88.3 cm³/mol. The van der Waals surface area contributed by atoms with Crippen molar-refractivity contribution >= 4 is 37.8 Å². The molecule has 5 heteroatoms. The third-order valence-electron chi connectivity index (χ3n) is 2.77. The third kappa shape index (κ3) is 4.86. The topological polar surface area (TPSA) is 35.5 Å². The Balaban J connectivity index is 1.87. The maximum atomic E-state index is 11.7. The first-order chi connectivity index (χ1) is 10.1. The van der Waals surface area contributed by atoms with E-state index < -0.39 is 5.97 Å². The number of hydrogen-bond acceptors (Lipinski definition) is 3. The smallest absolute Gasteiger partial charge is 0.344 e. The molecule has 0 aliphatic rings. The molecule has 0 radical (unpaired) electrons. The van der Waals surface area contributed by atoms with Crippen molar-refractivity contribution in [3.8, 4) is 5.75 Å². The van der Waals surface area contributed by atoms with Gasteiger partial charge in [0.15, 0.2) is 6.61 Å². The average molecular weight is 414 g/mol. The number of hydrogen-bond donors (Lipinski definition) is 0. The summed E-state index contributed by atoms with van der Waals surface area (Å²) < 4.78 is 12.4. The molecule has 2 rings (SSSR count). The van der Waals surface area contributed by atoms with E-state index in [4.69, 9.17) is 9.47 Å². The van der Waals surface area contributed by atoms with Crippen molar-refractivity contribution in [1.29, 1.82) is 0 Å². The second kappa shape index (κ2) is 7.61. The summed E-state index contributed by atoms with van der Waals surface area (Å²) in [4.78, 5) is 11.7. The highest BCUT2D eigenvalue weighted by Gasteiger charge is 2.10. The predicted octanol–water partition coefficient (Wildman–Crippen LogP) is 4.64. The van der Waals surface area contributed by atoms with E-state index in [1.54, 1.807) is 0 Å². The van der Waals surface area contributed by atoms with Crippen molar-refractivity contribution in [2.75, 3.05) is 6.61 Å². The highest BCUT2D eigenvalue weighted by atomic mass is 79.9. The first-order valence-electron chi connectivity index (χ1n) is 6.34. The lowest BCUT2D eigenvalue weighted by Gasteiger charge is -2.11. The van der Waals surface area contributed by atoms with E-state index in [-0.39, 0.29) is 13.2 Å². The van der Waals surface area contributed by atoms with E-state index >= 15 is 0 Å². The Labute approximate surface area is 140 Å². The van der Waals surface area contributed by atoms with E-state index in [9.17, 15) is 4.79 Å². The van der Waals surface area contributed by atoms with Gasteiger partial charge in [0.2, 0.25) is 0 Å². The summed E-state index contributed by atoms with van der Waals surface area (Å²) in [7, 11) is 0. The number of carbonyl (C=O) groups is 1. The Hall–Kier alpha value is -1.33. The second-order valence-corrected chi connectivity index (χ2v) is 6.24. The van der Waals surface area contributed by atoms with Crippen LogP contribution in [0.4, 0.5) is 0 Å². The number of halogens is 2. The van der Waals surface area contributed by atoms with Crippen LogP contribution in [0, 0.1) is 6.92 Å². The van der Waals surface area contributed by atoms with Gasteiger partial charge in [0.25, 0.3) is 0 Å². The first kappa shape index (κ1) is 16.0. The Kier molecular flexibility index (Phi) is 5.82. The average Bonchev–Trinajstić information content (AvgIpc) is 2.45. The van der Waals surface area contributed by atoms with E-state index in [1.807, 2.05) is 49.4 Å². The zero-order valence-corrected chi connectivity index (χ0v) is 14.6. The third-order valence-corrected chi connectivity index (χ3v) is 3.82. The second-order valence-electron chi connectivity index (χ2n) is 4.47. The highest BCUT2D eigenvalue weighted by Crippen LogP contribution is 2.32. The molecule has 0 spiro atoms. The van der Waals surface area contributed by atoms with E-state index in [1.165, 1.54) is 0 Å². The molecule has 0 fully saturated rings. The lowest BCUT2D eigenvalue weighted by atomic mass is 10.2. The first-order valence-corrected chi connectivity index (χ1v) is 7.93. The van der Waals surface area contributed by atoms with Crippen LogP contribution in [-0.4, -0.2) is 12.6 Å². The fourth-order valence-electron chi connectivity index (χ4n) is 1.78. The number of ether oxygens (including phenoxy) is 2. The lowest BCUT2D eigenvalue weighted by molar-refractivity contribution is -0.147. The van der Waals surface area contributed by atoms with Crippen LogP contribution >= 0.6 is 31.9 Å². The van der Waals surface area contributed by atoms with Crippen molar-refractivity contribution in [3.05, 3.63) is 62.5 Å². The molecule has 21 heavy (non-hydrogen) atoms. The van der Waals surface area contributed by atoms with Crippen LogP contribution in [0.2, 0.25) is 0 Å². The number of carbonyl (C=O) groups excluding carboxylic acids is 1. The van der Waals surface area contributed by atoms with E-state index in [0.29, 0.717) is 5.75 Å². The molecule has 0 N–H and O–H groups in total. The van der Waals surface area contributed by atoms with Crippen LogP contribution in [0.15, 0.2) is 51.4 Å². The maximum Gasteiger partial charge on any atom is 0.344 e. The summed E-state index contributed by atoms with van der Waals surface area (Å²) >= 11 is 6.82. The molecular formula is C16H14Br2O3. The molecule has 110 valence electrons. The fourth-order valence-corrected chi connectivity index (χ4v) is 3.34. The summed E-state index contributed by atoms with van der Waals surface area (Å²) in [5, 5.41) is 0. The summed E-state index contributed by atoms with van der Waals surface area (Å²) in [6.07, 6.45) is 0. The van der Waals surface area contributed by atoms with Gasteiger partial charge < -0.3 is 9.47 Å². The van der Waals surface area contributed by atoms with Gasteiger partial charge in [0.1, 0.15) is 12.4 Å². The van der Waals surface area contributed by atoms with Crippen molar-refractivity contribution < 1.29 is 14.3 Å². The fraction of sp³-hybridized carbons (Fsp3) is 0.188. The highest BCUT2D eigenvalue weighted by molar-refractivity contribution is 9.11. The van der Waals surface area contributed by atoms with Crippen LogP contribution in [0.3, 0.4) is 0 Å². The molecule has 0 atom stereocenters. The van der Waals surface area contributed by atoms with Crippen molar-refractivity contribution in [3.63, 3.8) is 0 Å². The van der Waals surface area contributed by atoms with Gasteiger partial charge in [0, 0.05) is 4.47 Å². The number of rotatable bonds is 5. The van der Waals surface area contributed by atoms with Crippen molar-refractivity contribution in [2.24, 2.45) is 0 Å². The van der Waals surface area contributed by atoms with Gasteiger partial charge in [-0.1, -0.05) is 46.3 Å². The minimum absolute atomic E-state index is 0.117. The molecule has 0 saturated carbocycles. The number of esters is 1. The minimum atomic E-state index is -0.395. The van der Waals surface area contributed by atoms with Gasteiger partial charge in [-0.25, -0.2) is 4.79 Å². The maximum absolute atomic E-state index is 11.7. The normalized spacial score (nSPS) is 10.2. The van der Waals surface area contributed by atoms with Crippen LogP contribution in [-0.2, 0) is 16.1 Å². The SMILES string of the molecule is Cc1cc(Br)cc(Br)c1OCC(=O)OCc1ccccc1. The van der Waals surface area contributed by atoms with Crippen molar-refractivity contribution in [1.82, 2.24) is 0 Å². The van der Waals surface area contributed by atoms with Crippen LogP contribution < -0.4 is 4.74 Å². The van der Waals surface area contributed by atoms with Gasteiger partial charge >= 0.3 is 5.97 Å². The zero-order chi connectivity index (χ0) is 15.2. The summed E-state index contributed by atoms with van der Waals surface area (Å²) in [6, 6.07) is 13.3. The van der Waals surface area contributed by atoms with Crippen LogP contribution in [0.25, 0.3) is 0 Å². The number of benzene rings is 2. The molecule has 0 aliphatic heterocycles. The monoisotopic (exact) mass is 412 g/mol. The molecule has 0 saturated heterocycles.